The molecule has 0 aliphatic carbocycles. The van der Waals surface area contributed by atoms with Crippen LogP contribution in [-0.4, -0.2) is 25.4 Å². The largest absolute Gasteiger partial charge is 0.493 e. The molecule has 0 saturated heterocycles. The van der Waals surface area contributed by atoms with Gasteiger partial charge in [-0.15, -0.1) is 0 Å². The van der Waals surface area contributed by atoms with Gasteiger partial charge in [0.15, 0.2) is 0 Å². The van der Waals surface area contributed by atoms with E-state index >= 15 is 0 Å². The van der Waals surface area contributed by atoms with Crippen LogP contribution in [-0.2, 0) is 4.74 Å². The number of methoxy groups -OCH3 is 1. The predicted molar refractivity (Wildman–Crippen MR) is 93.5 cm³/mol. The molecule has 2 N–H and O–H groups in total. The Balaban J connectivity index is 2.78. The first kappa shape index (κ1) is 19.0. The Kier molecular flexibility index (Phi) is 7.37. The van der Waals surface area contributed by atoms with Crippen molar-refractivity contribution in [2.24, 2.45) is 11.7 Å². The van der Waals surface area contributed by atoms with E-state index in [1.165, 1.54) is 18.4 Å². The normalized spacial score (nSPS) is 16.1. The molecular formula is C19H33NO2. The lowest BCUT2D eigenvalue weighted by atomic mass is 9.80. The van der Waals surface area contributed by atoms with Crippen molar-refractivity contribution in [1.29, 1.82) is 0 Å². The first-order valence-electron chi connectivity index (χ1n) is 8.35. The van der Waals surface area contributed by atoms with Gasteiger partial charge >= 0.3 is 0 Å². The summed E-state index contributed by atoms with van der Waals surface area (Å²) in [4.78, 5) is 0. The molecule has 0 saturated carbocycles. The van der Waals surface area contributed by atoms with Gasteiger partial charge in [0.05, 0.1) is 12.2 Å². The first-order chi connectivity index (χ1) is 10.3. The summed E-state index contributed by atoms with van der Waals surface area (Å²) in [6.07, 6.45) is 2.40. The van der Waals surface area contributed by atoms with Crippen LogP contribution in [0.4, 0.5) is 0 Å². The van der Waals surface area contributed by atoms with E-state index < -0.39 is 0 Å². The highest BCUT2D eigenvalue weighted by Gasteiger charge is 2.33. The fourth-order valence-electron chi connectivity index (χ4n) is 3.05. The molecule has 0 bridgehead atoms. The number of nitrogens with two attached hydrogens (primary N) is 1. The van der Waals surface area contributed by atoms with Gasteiger partial charge in [0, 0.05) is 19.1 Å². The maximum Gasteiger partial charge on any atom is 0.119 e. The Morgan fingerprint density at radius 2 is 1.73 bits per heavy atom. The van der Waals surface area contributed by atoms with Crippen molar-refractivity contribution in [1.82, 2.24) is 0 Å². The quantitative estimate of drug-likeness (QED) is 0.737. The molecule has 1 rings (SSSR count). The van der Waals surface area contributed by atoms with E-state index in [-0.39, 0.29) is 17.6 Å². The van der Waals surface area contributed by atoms with Crippen molar-refractivity contribution in [3.63, 3.8) is 0 Å². The fourth-order valence-corrected chi connectivity index (χ4v) is 3.05. The van der Waals surface area contributed by atoms with Gasteiger partial charge in [-0.1, -0.05) is 32.4 Å². The van der Waals surface area contributed by atoms with Crippen molar-refractivity contribution < 1.29 is 9.47 Å². The molecule has 2 unspecified atom stereocenters. The lowest BCUT2D eigenvalue weighted by Gasteiger charge is -2.36. The minimum Gasteiger partial charge on any atom is -0.493 e. The van der Waals surface area contributed by atoms with Crippen LogP contribution >= 0.6 is 0 Å². The summed E-state index contributed by atoms with van der Waals surface area (Å²) in [6.45, 7) is 11.4. The van der Waals surface area contributed by atoms with Crippen LogP contribution in [0.15, 0.2) is 24.3 Å². The molecule has 126 valence electrons. The molecule has 1 aromatic carbocycles. The zero-order valence-electron chi connectivity index (χ0n) is 15.1. The van der Waals surface area contributed by atoms with Crippen LogP contribution in [0.25, 0.3) is 0 Å². The van der Waals surface area contributed by atoms with Crippen molar-refractivity contribution in [3.05, 3.63) is 29.8 Å². The molecule has 0 aromatic heterocycles. The Hall–Kier alpha value is -1.06. The third-order valence-electron chi connectivity index (χ3n) is 4.36. The van der Waals surface area contributed by atoms with Gasteiger partial charge in [-0.3, -0.25) is 0 Å². The summed E-state index contributed by atoms with van der Waals surface area (Å²) in [6, 6.07) is 8.30. The van der Waals surface area contributed by atoms with Gasteiger partial charge < -0.3 is 15.2 Å². The maximum atomic E-state index is 6.19. The molecule has 3 atom stereocenters. The highest BCUT2D eigenvalue weighted by Crippen LogP contribution is 2.33. The SMILES string of the molecule is CCCC(C)COc1ccc([C@@H](C(C)N)C(C)(C)OC)cc1. The van der Waals surface area contributed by atoms with Gasteiger partial charge in [-0.2, -0.15) is 0 Å². The van der Waals surface area contributed by atoms with Crippen LogP contribution in [0.3, 0.4) is 0 Å². The summed E-state index contributed by atoms with van der Waals surface area (Å²) in [5.41, 5.74) is 7.08. The van der Waals surface area contributed by atoms with Crippen molar-refractivity contribution >= 4 is 0 Å². The molecular weight excluding hydrogens is 274 g/mol. The molecule has 1 aromatic rings. The lowest BCUT2D eigenvalue weighted by Crippen LogP contribution is -2.41. The number of ether oxygens (including phenoxy) is 2. The molecule has 0 aliphatic rings. The van der Waals surface area contributed by atoms with Gasteiger partial charge in [0.1, 0.15) is 5.75 Å². The van der Waals surface area contributed by atoms with E-state index in [1.807, 2.05) is 19.1 Å². The van der Waals surface area contributed by atoms with Crippen LogP contribution in [0.1, 0.15) is 58.9 Å². The average Bonchev–Trinajstić information content (AvgIpc) is 2.46. The van der Waals surface area contributed by atoms with E-state index in [2.05, 4.69) is 39.8 Å². The van der Waals surface area contributed by atoms with E-state index in [4.69, 9.17) is 15.2 Å². The second-order valence-corrected chi connectivity index (χ2v) is 6.92. The topological polar surface area (TPSA) is 44.5 Å². The van der Waals surface area contributed by atoms with Crippen LogP contribution in [0, 0.1) is 5.92 Å². The molecule has 0 spiro atoms. The second-order valence-electron chi connectivity index (χ2n) is 6.92. The molecule has 0 heterocycles. The van der Waals surface area contributed by atoms with Crippen LogP contribution < -0.4 is 10.5 Å². The lowest BCUT2D eigenvalue weighted by molar-refractivity contribution is -0.00690. The van der Waals surface area contributed by atoms with Crippen molar-refractivity contribution in [2.75, 3.05) is 13.7 Å². The van der Waals surface area contributed by atoms with E-state index in [0.717, 1.165) is 12.4 Å². The zero-order chi connectivity index (χ0) is 16.8. The summed E-state index contributed by atoms with van der Waals surface area (Å²) < 4.78 is 11.5. The summed E-state index contributed by atoms with van der Waals surface area (Å²) in [5.74, 6) is 1.66. The van der Waals surface area contributed by atoms with E-state index in [0.29, 0.717) is 5.92 Å². The highest BCUT2D eigenvalue weighted by atomic mass is 16.5. The predicted octanol–water partition coefficient (Wildman–Crippen LogP) is 4.36. The molecule has 22 heavy (non-hydrogen) atoms. The third kappa shape index (κ3) is 5.29. The molecule has 3 nitrogen and oxygen atoms in total. The van der Waals surface area contributed by atoms with Gasteiger partial charge in [0.2, 0.25) is 0 Å². The Labute approximate surface area is 136 Å². The van der Waals surface area contributed by atoms with Crippen molar-refractivity contribution in [2.45, 2.75) is 65.0 Å². The van der Waals surface area contributed by atoms with E-state index in [9.17, 15) is 0 Å². The zero-order valence-corrected chi connectivity index (χ0v) is 15.1. The van der Waals surface area contributed by atoms with Gasteiger partial charge in [-0.05, 0) is 50.8 Å². The number of benzene rings is 1. The number of hydrogen-bond acceptors (Lipinski definition) is 3. The van der Waals surface area contributed by atoms with Crippen LogP contribution in [0.5, 0.6) is 5.75 Å². The third-order valence-corrected chi connectivity index (χ3v) is 4.36. The molecule has 3 heteroatoms. The molecule has 0 radical (unpaired) electrons. The van der Waals surface area contributed by atoms with Gasteiger partial charge in [-0.25, -0.2) is 0 Å². The molecule has 0 amide bonds. The minimum atomic E-state index is -0.299. The van der Waals surface area contributed by atoms with Gasteiger partial charge in [0.25, 0.3) is 0 Å². The van der Waals surface area contributed by atoms with Crippen LogP contribution in [0.2, 0.25) is 0 Å². The fraction of sp³-hybridized carbons (Fsp3) is 0.684. The Morgan fingerprint density at radius 1 is 1.14 bits per heavy atom. The maximum absolute atomic E-state index is 6.19. The summed E-state index contributed by atoms with van der Waals surface area (Å²) >= 11 is 0. The summed E-state index contributed by atoms with van der Waals surface area (Å²) in [7, 11) is 1.74. The monoisotopic (exact) mass is 307 g/mol. The number of hydrogen-bond donors (Lipinski definition) is 1. The highest BCUT2D eigenvalue weighted by molar-refractivity contribution is 5.31. The first-order valence-corrected chi connectivity index (χ1v) is 8.35. The van der Waals surface area contributed by atoms with E-state index in [1.54, 1.807) is 7.11 Å². The smallest absolute Gasteiger partial charge is 0.119 e. The standard InChI is InChI=1S/C19H33NO2/c1-7-8-14(2)13-22-17-11-9-16(10-12-17)18(15(3)20)19(4,5)21-6/h9-12,14-15,18H,7-8,13,20H2,1-6H3/t14?,15?,18-/m1/s1. The molecule has 0 fully saturated rings. The summed E-state index contributed by atoms with van der Waals surface area (Å²) in [5, 5.41) is 0. The minimum absolute atomic E-state index is 0.0197. The molecule has 0 aliphatic heterocycles. The second kappa shape index (κ2) is 8.54. The Morgan fingerprint density at radius 3 is 2.18 bits per heavy atom. The number of rotatable bonds is 9. The Bertz CT molecular complexity index is 426. The van der Waals surface area contributed by atoms with Crippen molar-refractivity contribution in [3.8, 4) is 5.75 Å². The average molecular weight is 307 g/mol.